The maximum atomic E-state index is 12.8. The monoisotopic (exact) mass is 384 g/mol. The number of amides is 1. The first-order valence-electron chi connectivity index (χ1n) is 10.2. The molecule has 0 bridgehead atoms. The van der Waals surface area contributed by atoms with Gasteiger partial charge in [0.2, 0.25) is 5.91 Å². The van der Waals surface area contributed by atoms with Crippen molar-refractivity contribution in [1.82, 2.24) is 0 Å². The van der Waals surface area contributed by atoms with Crippen molar-refractivity contribution >= 4 is 40.1 Å². The fraction of sp³-hybridized carbons (Fsp3) is 0.250. The first kappa shape index (κ1) is 17.7. The fourth-order valence-corrected chi connectivity index (χ4v) is 4.22. The Balaban J connectivity index is 1.21. The van der Waals surface area contributed by atoms with Crippen LogP contribution in [-0.2, 0) is 11.3 Å². The predicted octanol–water partition coefficient (Wildman–Crippen LogP) is 4.65. The standard InChI is InChI=1S/C24H24N4O/c29-24(27-21-6-8-23-20(13-21)15-25-16-26-23)18-9-11-28(12-10-18)22-7-5-17-3-1-2-4-19(17)14-22/h1-8,13-14,16,18H,9-12,15H2,(H,25,26)(H,27,29). The lowest BCUT2D eigenvalue weighted by atomic mass is 9.95. The van der Waals surface area contributed by atoms with Gasteiger partial charge in [-0.05, 0) is 59.5 Å². The highest BCUT2D eigenvalue weighted by molar-refractivity contribution is 5.93. The summed E-state index contributed by atoms with van der Waals surface area (Å²) in [6, 6.07) is 21.0. The zero-order chi connectivity index (χ0) is 19.6. The second kappa shape index (κ2) is 7.59. The summed E-state index contributed by atoms with van der Waals surface area (Å²) in [7, 11) is 0. The summed E-state index contributed by atoms with van der Waals surface area (Å²) >= 11 is 0. The zero-order valence-corrected chi connectivity index (χ0v) is 16.3. The van der Waals surface area contributed by atoms with Crippen LogP contribution in [0.3, 0.4) is 0 Å². The molecule has 3 aromatic rings. The van der Waals surface area contributed by atoms with Crippen LogP contribution in [-0.4, -0.2) is 25.3 Å². The van der Waals surface area contributed by atoms with Crippen LogP contribution in [0.5, 0.6) is 0 Å². The van der Waals surface area contributed by atoms with E-state index in [4.69, 9.17) is 0 Å². The van der Waals surface area contributed by atoms with E-state index in [0.29, 0.717) is 6.54 Å². The van der Waals surface area contributed by atoms with E-state index in [0.717, 1.165) is 42.9 Å². The second-order valence-corrected chi connectivity index (χ2v) is 7.77. The molecule has 146 valence electrons. The van der Waals surface area contributed by atoms with Crippen molar-refractivity contribution in [2.45, 2.75) is 19.4 Å². The number of hydrogen-bond donors (Lipinski definition) is 2. The molecular weight excluding hydrogens is 360 g/mol. The summed E-state index contributed by atoms with van der Waals surface area (Å²) < 4.78 is 0. The minimum absolute atomic E-state index is 0.0545. The lowest BCUT2D eigenvalue weighted by molar-refractivity contribution is -0.120. The summed E-state index contributed by atoms with van der Waals surface area (Å²) in [6.07, 6.45) is 3.45. The number of fused-ring (bicyclic) bond motifs is 2. The molecule has 2 N–H and O–H groups in total. The van der Waals surface area contributed by atoms with E-state index in [9.17, 15) is 4.79 Å². The molecule has 1 amide bonds. The van der Waals surface area contributed by atoms with E-state index in [1.54, 1.807) is 6.34 Å². The highest BCUT2D eigenvalue weighted by atomic mass is 16.1. The van der Waals surface area contributed by atoms with Gasteiger partial charge in [0.15, 0.2) is 0 Å². The number of nitrogens with zero attached hydrogens (tertiary/aromatic N) is 2. The van der Waals surface area contributed by atoms with Gasteiger partial charge in [0.25, 0.3) is 0 Å². The molecule has 1 saturated heterocycles. The SMILES string of the molecule is O=C(Nc1ccc2c(c1)CN=CN2)C1CCN(c2ccc3ccccc3c2)CC1. The third-order valence-electron chi connectivity index (χ3n) is 5.91. The predicted molar refractivity (Wildman–Crippen MR) is 120 cm³/mol. The van der Waals surface area contributed by atoms with Gasteiger partial charge in [0, 0.05) is 36.1 Å². The third-order valence-corrected chi connectivity index (χ3v) is 5.91. The molecule has 29 heavy (non-hydrogen) atoms. The minimum atomic E-state index is 0.0545. The lowest BCUT2D eigenvalue weighted by Crippen LogP contribution is -2.38. The van der Waals surface area contributed by atoms with Crippen LogP contribution < -0.4 is 15.5 Å². The number of benzene rings is 3. The molecule has 0 spiro atoms. The van der Waals surface area contributed by atoms with Crippen molar-refractivity contribution in [3.63, 3.8) is 0 Å². The summed E-state index contributed by atoms with van der Waals surface area (Å²) in [4.78, 5) is 19.4. The number of aliphatic imine (C=N–C) groups is 1. The van der Waals surface area contributed by atoms with E-state index in [-0.39, 0.29) is 11.8 Å². The van der Waals surface area contributed by atoms with Crippen molar-refractivity contribution in [3.8, 4) is 0 Å². The summed E-state index contributed by atoms with van der Waals surface area (Å²) in [5.41, 5.74) is 4.26. The van der Waals surface area contributed by atoms with Crippen LogP contribution in [0.25, 0.3) is 10.8 Å². The van der Waals surface area contributed by atoms with Crippen LogP contribution in [0.1, 0.15) is 18.4 Å². The molecular formula is C24H24N4O. The Kier molecular flexibility index (Phi) is 4.64. The van der Waals surface area contributed by atoms with Crippen molar-refractivity contribution in [2.75, 3.05) is 28.6 Å². The number of carbonyl (C=O) groups excluding carboxylic acids is 1. The number of hydrogen-bond acceptors (Lipinski definition) is 4. The normalized spacial score (nSPS) is 16.3. The number of anilines is 3. The van der Waals surface area contributed by atoms with Crippen LogP contribution in [0.2, 0.25) is 0 Å². The maximum Gasteiger partial charge on any atom is 0.227 e. The van der Waals surface area contributed by atoms with Gasteiger partial charge >= 0.3 is 0 Å². The van der Waals surface area contributed by atoms with Gasteiger partial charge in [0.1, 0.15) is 0 Å². The van der Waals surface area contributed by atoms with Gasteiger partial charge in [-0.25, -0.2) is 0 Å². The Hall–Kier alpha value is -3.34. The largest absolute Gasteiger partial charge is 0.371 e. The Morgan fingerprint density at radius 3 is 2.69 bits per heavy atom. The topological polar surface area (TPSA) is 56.7 Å². The van der Waals surface area contributed by atoms with Gasteiger partial charge < -0.3 is 15.5 Å². The number of rotatable bonds is 3. The third kappa shape index (κ3) is 3.68. The quantitative estimate of drug-likeness (QED) is 0.691. The van der Waals surface area contributed by atoms with E-state index >= 15 is 0 Å². The van der Waals surface area contributed by atoms with Crippen LogP contribution >= 0.6 is 0 Å². The van der Waals surface area contributed by atoms with Gasteiger partial charge in [-0.1, -0.05) is 30.3 Å². The Bertz CT molecular complexity index is 1080. The van der Waals surface area contributed by atoms with Gasteiger partial charge in [-0.3, -0.25) is 9.79 Å². The molecule has 2 aliphatic rings. The Morgan fingerprint density at radius 1 is 1.00 bits per heavy atom. The smallest absolute Gasteiger partial charge is 0.227 e. The minimum Gasteiger partial charge on any atom is -0.371 e. The molecule has 2 aliphatic heterocycles. The van der Waals surface area contributed by atoms with Crippen molar-refractivity contribution < 1.29 is 4.79 Å². The average Bonchev–Trinajstić information content (AvgIpc) is 2.79. The maximum absolute atomic E-state index is 12.8. The van der Waals surface area contributed by atoms with E-state index in [2.05, 4.69) is 63.0 Å². The van der Waals surface area contributed by atoms with Crippen molar-refractivity contribution in [2.24, 2.45) is 10.9 Å². The summed E-state index contributed by atoms with van der Waals surface area (Å²) in [5, 5.41) is 8.75. The zero-order valence-electron chi connectivity index (χ0n) is 16.3. The van der Waals surface area contributed by atoms with E-state index in [1.165, 1.54) is 16.5 Å². The van der Waals surface area contributed by atoms with E-state index < -0.39 is 0 Å². The molecule has 5 nitrogen and oxygen atoms in total. The number of piperidine rings is 1. The lowest BCUT2D eigenvalue weighted by Gasteiger charge is -2.33. The first-order chi connectivity index (χ1) is 14.3. The number of carbonyl (C=O) groups is 1. The molecule has 5 heteroatoms. The average molecular weight is 384 g/mol. The Morgan fingerprint density at radius 2 is 1.83 bits per heavy atom. The highest BCUT2D eigenvalue weighted by Crippen LogP contribution is 2.28. The molecule has 1 fully saturated rings. The Labute approximate surface area is 170 Å². The molecule has 0 aliphatic carbocycles. The first-order valence-corrected chi connectivity index (χ1v) is 10.2. The molecule has 0 unspecified atom stereocenters. The molecule has 0 aromatic heterocycles. The molecule has 2 heterocycles. The van der Waals surface area contributed by atoms with E-state index in [1.807, 2.05) is 18.2 Å². The highest BCUT2D eigenvalue weighted by Gasteiger charge is 2.25. The molecule has 5 rings (SSSR count). The van der Waals surface area contributed by atoms with Gasteiger partial charge in [-0.2, -0.15) is 0 Å². The molecule has 0 radical (unpaired) electrons. The summed E-state index contributed by atoms with van der Waals surface area (Å²) in [6.45, 7) is 2.45. The molecule has 3 aromatic carbocycles. The van der Waals surface area contributed by atoms with Gasteiger partial charge in [0.05, 0.1) is 12.9 Å². The molecule has 0 atom stereocenters. The number of nitrogens with one attached hydrogen (secondary N) is 2. The van der Waals surface area contributed by atoms with Crippen molar-refractivity contribution in [3.05, 3.63) is 66.2 Å². The van der Waals surface area contributed by atoms with Gasteiger partial charge in [-0.15, -0.1) is 0 Å². The summed E-state index contributed by atoms with van der Waals surface area (Å²) in [5.74, 6) is 0.175. The van der Waals surface area contributed by atoms with Crippen LogP contribution in [0.4, 0.5) is 17.1 Å². The van der Waals surface area contributed by atoms with Crippen LogP contribution in [0, 0.1) is 5.92 Å². The second-order valence-electron chi connectivity index (χ2n) is 7.77. The fourth-order valence-electron chi connectivity index (χ4n) is 4.22. The molecule has 0 saturated carbocycles. The van der Waals surface area contributed by atoms with Crippen LogP contribution in [0.15, 0.2) is 65.7 Å². The van der Waals surface area contributed by atoms with Crippen molar-refractivity contribution in [1.29, 1.82) is 0 Å².